The summed E-state index contributed by atoms with van der Waals surface area (Å²) in [4.78, 5) is 26.9. The fraction of sp³-hybridized carbons (Fsp3) is 0.286. The van der Waals surface area contributed by atoms with E-state index in [0.717, 1.165) is 5.56 Å². The molecule has 0 spiro atoms. The van der Waals surface area contributed by atoms with Crippen LogP contribution in [0.1, 0.15) is 43.0 Å². The van der Waals surface area contributed by atoms with E-state index in [-0.39, 0.29) is 28.0 Å². The number of phenolic OH excluding ortho intramolecular Hbond substituents is 1. The van der Waals surface area contributed by atoms with Gasteiger partial charge in [0.05, 0.1) is 12.2 Å². The third kappa shape index (κ3) is 4.41. The minimum atomic E-state index is -1.72. The van der Waals surface area contributed by atoms with Gasteiger partial charge < -0.3 is 35.0 Å². The lowest BCUT2D eigenvalue weighted by atomic mass is 9.80. The van der Waals surface area contributed by atoms with Gasteiger partial charge in [-0.15, -0.1) is 0 Å². The molecule has 0 bridgehead atoms. The van der Waals surface area contributed by atoms with E-state index >= 15 is 0 Å². The maximum Gasteiger partial charge on any atom is 0.229 e. The largest absolute Gasteiger partial charge is 0.504 e. The number of hydrogen-bond donors (Lipinski definition) is 5. The number of rotatable bonds is 6. The number of carbonyl (C=O) groups is 2. The van der Waals surface area contributed by atoms with Crippen molar-refractivity contribution in [1.82, 2.24) is 0 Å². The number of aryl methyl sites for hydroxylation is 2. The van der Waals surface area contributed by atoms with Crippen molar-refractivity contribution >= 4 is 11.6 Å². The molecule has 1 aliphatic carbocycles. The van der Waals surface area contributed by atoms with Gasteiger partial charge in [-0.25, -0.2) is 0 Å². The zero-order chi connectivity index (χ0) is 26.3. The van der Waals surface area contributed by atoms with Gasteiger partial charge in [0, 0.05) is 16.7 Å². The van der Waals surface area contributed by atoms with Gasteiger partial charge in [-0.1, -0.05) is 54.6 Å². The van der Waals surface area contributed by atoms with Crippen LogP contribution in [0.25, 0.3) is 0 Å². The summed E-state index contributed by atoms with van der Waals surface area (Å²) < 4.78 is 11.1. The van der Waals surface area contributed by atoms with E-state index in [2.05, 4.69) is 0 Å². The Hall–Kier alpha value is -3.60. The van der Waals surface area contributed by atoms with Crippen molar-refractivity contribution in [2.75, 3.05) is 6.61 Å². The highest BCUT2D eigenvalue weighted by Crippen LogP contribution is 2.42. The molecule has 3 aromatic rings. The van der Waals surface area contributed by atoms with Gasteiger partial charge in [-0.2, -0.15) is 0 Å². The van der Waals surface area contributed by atoms with Crippen LogP contribution in [0.5, 0.6) is 11.5 Å². The normalized spacial score (nSPS) is 24.9. The van der Waals surface area contributed by atoms with Gasteiger partial charge >= 0.3 is 0 Å². The summed E-state index contributed by atoms with van der Waals surface area (Å²) in [5.41, 5.74) is 1.70. The molecule has 1 fully saturated rings. The Balaban J connectivity index is 1.58. The highest BCUT2D eigenvalue weighted by molar-refractivity contribution is 6.30. The average molecular weight is 507 g/mol. The van der Waals surface area contributed by atoms with Crippen LogP contribution in [0, 0.1) is 0 Å². The van der Waals surface area contributed by atoms with Gasteiger partial charge in [0.1, 0.15) is 24.4 Å². The Morgan fingerprint density at radius 1 is 0.784 bits per heavy atom. The molecular weight excluding hydrogens is 480 g/mol. The lowest BCUT2D eigenvalue weighted by molar-refractivity contribution is -0.277. The van der Waals surface area contributed by atoms with Crippen LogP contribution in [0.15, 0.2) is 60.7 Å². The third-order valence-corrected chi connectivity index (χ3v) is 6.83. The van der Waals surface area contributed by atoms with Crippen molar-refractivity contribution in [2.45, 2.75) is 43.5 Å². The maximum absolute atomic E-state index is 13.5. The molecule has 2 aliphatic rings. The Morgan fingerprint density at radius 3 is 2.05 bits per heavy atom. The molecule has 0 unspecified atom stereocenters. The van der Waals surface area contributed by atoms with Crippen molar-refractivity contribution in [3.8, 4) is 11.5 Å². The molecule has 3 aromatic carbocycles. The number of carbonyl (C=O) groups excluding carboxylic acids is 2. The van der Waals surface area contributed by atoms with E-state index in [1.165, 1.54) is 12.1 Å². The first-order valence-electron chi connectivity index (χ1n) is 11.9. The number of fused-ring (bicyclic) bond motifs is 2. The van der Waals surface area contributed by atoms with Crippen molar-refractivity contribution in [3.05, 3.63) is 94.0 Å². The second-order valence-electron chi connectivity index (χ2n) is 9.14. The highest BCUT2D eigenvalue weighted by atomic mass is 16.7. The number of hydrogen-bond acceptors (Lipinski definition) is 9. The molecule has 5 N–H and O–H groups in total. The zero-order valence-electron chi connectivity index (χ0n) is 19.7. The molecule has 0 radical (unpaired) electrons. The van der Waals surface area contributed by atoms with Gasteiger partial charge in [-0.3, -0.25) is 9.59 Å². The van der Waals surface area contributed by atoms with Gasteiger partial charge in [-0.05, 0) is 30.0 Å². The van der Waals surface area contributed by atoms with Crippen molar-refractivity contribution in [3.63, 3.8) is 0 Å². The monoisotopic (exact) mass is 506 g/mol. The van der Waals surface area contributed by atoms with Crippen LogP contribution in [-0.4, -0.2) is 74.4 Å². The Kier molecular flexibility index (Phi) is 6.80. The standard InChI is InChI=1S/C28H26O9/c29-13-19-25(33)26(34)27(35)28(37-19)36-18-12-15(11-10-14-6-2-1-3-7-14)20-21(24(18)32)23(31)17-9-5-4-8-16(17)22(20)30/h1-9,12,19,25-29,32-35H,10-11,13H2/t19-,25-,26+,27-,28+/m0/s1. The summed E-state index contributed by atoms with van der Waals surface area (Å²) in [5.74, 6) is -1.80. The molecule has 0 amide bonds. The number of ketones is 2. The fourth-order valence-corrected chi connectivity index (χ4v) is 4.83. The molecule has 5 rings (SSSR count). The molecule has 1 heterocycles. The molecule has 1 saturated heterocycles. The summed E-state index contributed by atoms with van der Waals surface area (Å²) in [5, 5.41) is 51.2. The van der Waals surface area contributed by atoms with Crippen LogP contribution in [0.2, 0.25) is 0 Å². The van der Waals surface area contributed by atoms with Crippen LogP contribution < -0.4 is 4.74 Å². The Labute approximate surface area is 212 Å². The van der Waals surface area contributed by atoms with Crippen molar-refractivity contribution < 1.29 is 44.6 Å². The number of aromatic hydroxyl groups is 1. The lowest BCUT2D eigenvalue weighted by Crippen LogP contribution is -2.60. The molecule has 5 atom stereocenters. The van der Waals surface area contributed by atoms with Gasteiger partial charge in [0.2, 0.25) is 6.29 Å². The SMILES string of the molecule is O=C1c2ccccc2C(=O)c2c(O)c(O[C@@H]3O[C@@H](CO)[C@H](O)[C@@H](O)[C@@H]3O)cc(CCc3ccccc3)c21. The lowest BCUT2D eigenvalue weighted by Gasteiger charge is -2.39. The molecule has 9 nitrogen and oxygen atoms in total. The molecule has 37 heavy (non-hydrogen) atoms. The first-order valence-corrected chi connectivity index (χ1v) is 11.9. The number of aliphatic hydroxyl groups is 4. The molecule has 192 valence electrons. The van der Waals surface area contributed by atoms with E-state index in [1.807, 2.05) is 30.3 Å². The molecule has 1 aliphatic heterocycles. The minimum Gasteiger partial charge on any atom is -0.504 e. The Morgan fingerprint density at radius 2 is 1.41 bits per heavy atom. The smallest absolute Gasteiger partial charge is 0.229 e. The maximum atomic E-state index is 13.5. The second kappa shape index (κ2) is 10.0. The van der Waals surface area contributed by atoms with Gasteiger partial charge in [0.25, 0.3) is 0 Å². The van der Waals surface area contributed by atoms with E-state index in [4.69, 9.17) is 9.47 Å². The average Bonchev–Trinajstić information content (AvgIpc) is 2.92. The van der Waals surface area contributed by atoms with E-state index in [0.29, 0.717) is 18.4 Å². The summed E-state index contributed by atoms with van der Waals surface area (Å²) >= 11 is 0. The summed E-state index contributed by atoms with van der Waals surface area (Å²) in [6.45, 7) is -0.660. The van der Waals surface area contributed by atoms with E-state index < -0.39 is 54.6 Å². The second-order valence-corrected chi connectivity index (χ2v) is 9.14. The summed E-state index contributed by atoms with van der Waals surface area (Å²) in [7, 11) is 0. The quantitative estimate of drug-likeness (QED) is 0.259. The van der Waals surface area contributed by atoms with E-state index in [9.17, 15) is 35.1 Å². The molecule has 9 heteroatoms. The summed E-state index contributed by atoms with van der Waals surface area (Å²) in [6.07, 6.45) is -6.95. The van der Waals surface area contributed by atoms with Crippen LogP contribution in [0.4, 0.5) is 0 Å². The number of benzene rings is 3. The fourth-order valence-electron chi connectivity index (χ4n) is 4.83. The molecular formula is C28H26O9. The number of phenols is 1. The summed E-state index contributed by atoms with van der Waals surface area (Å²) in [6, 6.07) is 17.3. The predicted octanol–water partition coefficient (Wildman–Crippen LogP) is 1.13. The molecule has 0 aromatic heterocycles. The highest BCUT2D eigenvalue weighted by Gasteiger charge is 2.45. The first kappa shape index (κ1) is 25.1. The number of ether oxygens (including phenoxy) is 2. The van der Waals surface area contributed by atoms with E-state index in [1.54, 1.807) is 18.2 Å². The van der Waals surface area contributed by atoms with Crippen LogP contribution in [-0.2, 0) is 17.6 Å². The van der Waals surface area contributed by atoms with Gasteiger partial charge in [0.15, 0.2) is 23.1 Å². The van der Waals surface area contributed by atoms with Crippen molar-refractivity contribution in [1.29, 1.82) is 0 Å². The van der Waals surface area contributed by atoms with Crippen LogP contribution in [0.3, 0.4) is 0 Å². The van der Waals surface area contributed by atoms with Crippen LogP contribution >= 0.6 is 0 Å². The van der Waals surface area contributed by atoms with Crippen molar-refractivity contribution in [2.24, 2.45) is 0 Å². The zero-order valence-corrected chi connectivity index (χ0v) is 19.7. The predicted molar refractivity (Wildman–Crippen MR) is 130 cm³/mol. The minimum absolute atomic E-state index is 0.0817. The number of aliphatic hydroxyl groups excluding tert-OH is 4. The Bertz CT molecular complexity index is 1330. The molecule has 0 saturated carbocycles. The topological polar surface area (TPSA) is 154 Å². The first-order chi connectivity index (χ1) is 17.8. The third-order valence-electron chi connectivity index (χ3n) is 6.83.